The normalized spacial score (nSPS) is 9.94. The summed E-state index contributed by atoms with van der Waals surface area (Å²) in [6.45, 7) is 2.28. The summed E-state index contributed by atoms with van der Waals surface area (Å²) in [7, 11) is 3.12. The van der Waals surface area contributed by atoms with Crippen molar-refractivity contribution in [2.45, 2.75) is 13.3 Å². The van der Waals surface area contributed by atoms with Crippen molar-refractivity contribution in [1.29, 1.82) is 0 Å². The summed E-state index contributed by atoms with van der Waals surface area (Å²) in [5.41, 5.74) is -0.108. The number of nitrogens with one attached hydrogen (secondary N) is 1. The van der Waals surface area contributed by atoms with Crippen molar-refractivity contribution in [3.05, 3.63) is 5.56 Å². The maximum absolute atomic E-state index is 11.5. The maximum Gasteiger partial charge on any atom is 0.344 e. The molecule has 1 aromatic heterocycles. The van der Waals surface area contributed by atoms with Crippen LogP contribution in [0.25, 0.3) is 0 Å². The van der Waals surface area contributed by atoms with E-state index in [1.807, 2.05) is 6.92 Å². The van der Waals surface area contributed by atoms with E-state index in [4.69, 9.17) is 9.84 Å². The lowest BCUT2D eigenvalue weighted by Gasteiger charge is -2.10. The second kappa shape index (κ2) is 6.20. The van der Waals surface area contributed by atoms with Gasteiger partial charge < -0.3 is 14.7 Å². The van der Waals surface area contributed by atoms with Crippen molar-refractivity contribution < 1.29 is 19.4 Å². The van der Waals surface area contributed by atoms with Crippen LogP contribution >= 0.6 is 11.5 Å². The van der Waals surface area contributed by atoms with Crippen molar-refractivity contribution in [2.24, 2.45) is 0 Å². The molecular formula is C10H15N3O4S. The monoisotopic (exact) mass is 273 g/mol. The van der Waals surface area contributed by atoms with Gasteiger partial charge in [-0.05, 0) is 18.0 Å². The van der Waals surface area contributed by atoms with Gasteiger partial charge in [0.05, 0.1) is 6.61 Å². The van der Waals surface area contributed by atoms with Gasteiger partial charge in [0.15, 0.2) is 5.56 Å². The van der Waals surface area contributed by atoms with Crippen LogP contribution in [0.2, 0.25) is 0 Å². The van der Waals surface area contributed by atoms with Crippen LogP contribution in [0.1, 0.15) is 23.7 Å². The largest absolute Gasteiger partial charge is 0.477 e. The molecule has 0 fully saturated rings. The molecule has 2 amide bonds. The van der Waals surface area contributed by atoms with Crippen molar-refractivity contribution in [2.75, 3.05) is 26.0 Å². The third-order valence-electron chi connectivity index (χ3n) is 1.94. The Morgan fingerprint density at radius 2 is 2.17 bits per heavy atom. The molecule has 1 heterocycles. The number of aromatic nitrogens is 1. The minimum absolute atomic E-state index is 0.0448. The van der Waals surface area contributed by atoms with Crippen LogP contribution in [0.4, 0.5) is 9.80 Å². The molecule has 1 aromatic rings. The number of carbonyl (C=O) groups is 2. The third kappa shape index (κ3) is 3.33. The Balaban J connectivity index is 2.95. The van der Waals surface area contributed by atoms with E-state index < -0.39 is 12.0 Å². The Labute approximate surface area is 109 Å². The fourth-order valence-electron chi connectivity index (χ4n) is 1.06. The van der Waals surface area contributed by atoms with Crippen LogP contribution in [0.15, 0.2) is 0 Å². The summed E-state index contributed by atoms with van der Waals surface area (Å²) in [6, 6.07) is -0.414. The molecule has 0 aliphatic rings. The van der Waals surface area contributed by atoms with E-state index in [1.54, 1.807) is 14.1 Å². The highest BCUT2D eigenvalue weighted by Crippen LogP contribution is 2.30. The molecule has 0 bridgehead atoms. The summed E-state index contributed by atoms with van der Waals surface area (Å²) in [4.78, 5) is 23.9. The quantitative estimate of drug-likeness (QED) is 0.852. The lowest BCUT2D eigenvalue weighted by molar-refractivity contribution is 0.0693. The first-order chi connectivity index (χ1) is 8.47. The van der Waals surface area contributed by atoms with Crippen LogP contribution in [-0.2, 0) is 0 Å². The summed E-state index contributed by atoms with van der Waals surface area (Å²) < 4.78 is 9.12. The average Bonchev–Trinajstić information content (AvgIpc) is 2.69. The zero-order valence-corrected chi connectivity index (χ0v) is 11.2. The maximum atomic E-state index is 11.5. The predicted molar refractivity (Wildman–Crippen MR) is 67.6 cm³/mol. The van der Waals surface area contributed by atoms with E-state index >= 15 is 0 Å². The van der Waals surface area contributed by atoms with Gasteiger partial charge in [0, 0.05) is 14.1 Å². The number of carboxylic acid groups (broad SMARTS) is 1. The number of anilines is 1. The van der Waals surface area contributed by atoms with Gasteiger partial charge >= 0.3 is 12.0 Å². The molecule has 0 spiro atoms. The number of ether oxygens (including phenoxy) is 1. The van der Waals surface area contributed by atoms with Crippen molar-refractivity contribution in [3.63, 3.8) is 0 Å². The molecular weight excluding hydrogens is 258 g/mol. The summed E-state index contributed by atoms with van der Waals surface area (Å²) in [5, 5.41) is 11.8. The van der Waals surface area contributed by atoms with Gasteiger partial charge in [0.1, 0.15) is 5.00 Å². The molecule has 0 aliphatic carbocycles. The first-order valence-corrected chi connectivity index (χ1v) is 6.08. The standard InChI is InChI=1S/C10H15N3O4S/c1-4-5-17-7-6(9(14)15)8(18-12-7)11-10(16)13(2)3/h4-5H2,1-3H3,(H,11,16)(H,14,15). The molecule has 0 aromatic carbocycles. The van der Waals surface area contributed by atoms with Gasteiger partial charge in [-0.2, -0.15) is 4.37 Å². The van der Waals surface area contributed by atoms with Crippen LogP contribution in [0, 0.1) is 0 Å². The fraction of sp³-hybridized carbons (Fsp3) is 0.500. The lowest BCUT2D eigenvalue weighted by atomic mass is 10.3. The third-order valence-corrected chi connectivity index (χ3v) is 2.69. The Morgan fingerprint density at radius 1 is 1.50 bits per heavy atom. The number of rotatable bonds is 5. The smallest absolute Gasteiger partial charge is 0.344 e. The van der Waals surface area contributed by atoms with Gasteiger partial charge in [-0.15, -0.1) is 0 Å². The number of hydrogen-bond donors (Lipinski definition) is 2. The highest BCUT2D eigenvalue weighted by molar-refractivity contribution is 7.11. The van der Waals surface area contributed by atoms with Crippen LogP contribution in [0.5, 0.6) is 5.88 Å². The summed E-state index contributed by atoms with van der Waals surface area (Å²) in [5.74, 6) is -1.13. The highest BCUT2D eigenvalue weighted by Gasteiger charge is 2.23. The van der Waals surface area contributed by atoms with E-state index in [1.165, 1.54) is 4.90 Å². The zero-order valence-electron chi connectivity index (χ0n) is 10.4. The Morgan fingerprint density at radius 3 is 2.67 bits per heavy atom. The van der Waals surface area contributed by atoms with Gasteiger partial charge in [0.2, 0.25) is 5.88 Å². The van der Waals surface area contributed by atoms with Crippen molar-refractivity contribution in [1.82, 2.24) is 9.27 Å². The zero-order chi connectivity index (χ0) is 13.7. The van der Waals surface area contributed by atoms with Gasteiger partial charge in [-0.3, -0.25) is 5.32 Å². The molecule has 8 heteroatoms. The van der Waals surface area contributed by atoms with E-state index in [9.17, 15) is 9.59 Å². The molecule has 1 rings (SSSR count). The number of carbonyl (C=O) groups excluding carboxylic acids is 1. The number of amides is 2. The van der Waals surface area contributed by atoms with Gasteiger partial charge in [-0.25, -0.2) is 9.59 Å². The number of urea groups is 1. The first-order valence-electron chi connectivity index (χ1n) is 5.31. The molecule has 0 aliphatic heterocycles. The molecule has 2 N–H and O–H groups in total. The van der Waals surface area contributed by atoms with E-state index in [-0.39, 0.29) is 16.4 Å². The second-order valence-electron chi connectivity index (χ2n) is 3.67. The van der Waals surface area contributed by atoms with E-state index in [2.05, 4.69) is 9.69 Å². The average molecular weight is 273 g/mol. The Kier molecular flexibility index (Phi) is 4.90. The van der Waals surface area contributed by atoms with E-state index in [0.29, 0.717) is 6.61 Å². The molecule has 0 radical (unpaired) electrons. The molecule has 0 unspecified atom stereocenters. The van der Waals surface area contributed by atoms with E-state index in [0.717, 1.165) is 18.0 Å². The fourth-order valence-corrected chi connectivity index (χ4v) is 1.77. The van der Waals surface area contributed by atoms with Gasteiger partial charge in [0.25, 0.3) is 0 Å². The number of hydrogen-bond acceptors (Lipinski definition) is 5. The Bertz CT molecular complexity index is 444. The molecule has 100 valence electrons. The van der Waals surface area contributed by atoms with Crippen molar-refractivity contribution >= 4 is 28.5 Å². The Hall–Kier alpha value is -1.83. The minimum atomic E-state index is -1.18. The molecule has 18 heavy (non-hydrogen) atoms. The second-order valence-corrected chi connectivity index (χ2v) is 4.44. The highest BCUT2D eigenvalue weighted by atomic mass is 32.1. The lowest BCUT2D eigenvalue weighted by Crippen LogP contribution is -2.27. The van der Waals surface area contributed by atoms with Crippen LogP contribution in [-0.4, -0.2) is 47.1 Å². The molecule has 0 saturated carbocycles. The first kappa shape index (κ1) is 14.2. The summed E-state index contributed by atoms with van der Waals surface area (Å²) >= 11 is 0.886. The number of carboxylic acids is 1. The number of nitrogens with zero attached hydrogens (tertiary/aromatic N) is 2. The predicted octanol–water partition coefficient (Wildman–Crippen LogP) is 1.72. The minimum Gasteiger partial charge on any atom is -0.477 e. The molecule has 7 nitrogen and oxygen atoms in total. The molecule has 0 saturated heterocycles. The summed E-state index contributed by atoms with van der Waals surface area (Å²) in [6.07, 6.45) is 0.746. The SMILES string of the molecule is CCCOc1nsc(NC(=O)N(C)C)c1C(=O)O. The van der Waals surface area contributed by atoms with Gasteiger partial charge in [-0.1, -0.05) is 6.92 Å². The van der Waals surface area contributed by atoms with Crippen molar-refractivity contribution in [3.8, 4) is 5.88 Å². The van der Waals surface area contributed by atoms with Crippen LogP contribution in [0.3, 0.4) is 0 Å². The number of aromatic carboxylic acids is 1. The van der Waals surface area contributed by atoms with Crippen LogP contribution < -0.4 is 10.1 Å². The topological polar surface area (TPSA) is 91.8 Å². The molecule has 0 atom stereocenters.